The fraction of sp³-hybridized carbons (Fsp3) is 0.343. The van der Waals surface area contributed by atoms with Crippen molar-refractivity contribution in [3.8, 4) is 0 Å². The molecule has 0 radical (unpaired) electrons. The number of carbonyl (C=O) groups is 2. The maximum atomic E-state index is 14.3. The van der Waals surface area contributed by atoms with Gasteiger partial charge in [-0.3, -0.25) is 19.5 Å². The van der Waals surface area contributed by atoms with Gasteiger partial charge in [-0.15, -0.1) is 0 Å². The van der Waals surface area contributed by atoms with E-state index in [9.17, 15) is 18.0 Å². The zero-order chi connectivity index (χ0) is 31.4. The number of amides is 2. The Morgan fingerprint density at radius 1 is 0.889 bits per heavy atom. The minimum Gasteiger partial charge on any atom is -0.353 e. The molecule has 2 aliphatic heterocycles. The van der Waals surface area contributed by atoms with Crippen molar-refractivity contribution in [2.75, 3.05) is 39.3 Å². The highest BCUT2D eigenvalue weighted by Gasteiger charge is 2.43. The monoisotopic (exact) mass is 625 g/mol. The smallest absolute Gasteiger partial charge is 0.246 e. The molecule has 3 aromatic carbocycles. The Labute approximate surface area is 264 Å². The Morgan fingerprint density at radius 2 is 1.58 bits per heavy atom. The van der Waals surface area contributed by atoms with Crippen LogP contribution in [0, 0.1) is 0 Å². The van der Waals surface area contributed by atoms with Crippen molar-refractivity contribution in [1.82, 2.24) is 24.4 Å². The van der Waals surface area contributed by atoms with Gasteiger partial charge in [-0.05, 0) is 49.2 Å². The zero-order valence-corrected chi connectivity index (χ0v) is 26.3. The molecule has 4 aromatic rings. The number of piperazine rings is 1. The molecule has 2 saturated heterocycles. The van der Waals surface area contributed by atoms with Gasteiger partial charge in [0.25, 0.3) is 0 Å². The lowest BCUT2D eigenvalue weighted by Gasteiger charge is -2.41. The number of nitrogens with one attached hydrogen (secondary N) is 1. The van der Waals surface area contributed by atoms with E-state index in [2.05, 4.69) is 22.1 Å². The maximum Gasteiger partial charge on any atom is 0.246 e. The number of sulfonamides is 1. The maximum absolute atomic E-state index is 14.3. The van der Waals surface area contributed by atoms with Crippen molar-refractivity contribution in [1.29, 1.82) is 0 Å². The van der Waals surface area contributed by atoms with Gasteiger partial charge in [-0.2, -0.15) is 4.31 Å². The molecule has 1 N–H and O–H groups in total. The Hall–Kier alpha value is -4.12. The Morgan fingerprint density at radius 3 is 2.27 bits per heavy atom. The van der Waals surface area contributed by atoms with E-state index in [1.165, 1.54) is 10.4 Å². The van der Waals surface area contributed by atoms with Crippen molar-refractivity contribution in [3.05, 3.63) is 108 Å². The SMILES string of the molecule is CCN1CCCC1CNC(=O)C1CN(C(=O)C(c2ccccc2)c2ccccc2)CCN1S(=O)(=O)c1cccc2cccnc12. The molecule has 45 heavy (non-hydrogen) atoms. The third-order valence-corrected chi connectivity index (χ3v) is 11.0. The Bertz CT molecular complexity index is 1710. The molecule has 10 heteroatoms. The van der Waals surface area contributed by atoms with Crippen molar-refractivity contribution in [2.24, 2.45) is 0 Å². The van der Waals surface area contributed by atoms with Gasteiger partial charge in [0.05, 0.1) is 11.4 Å². The van der Waals surface area contributed by atoms with Crippen molar-refractivity contribution in [3.63, 3.8) is 0 Å². The number of para-hydroxylation sites is 1. The molecule has 2 aliphatic rings. The van der Waals surface area contributed by atoms with Crippen molar-refractivity contribution >= 4 is 32.7 Å². The third kappa shape index (κ3) is 6.36. The molecule has 1 aromatic heterocycles. The average molecular weight is 626 g/mol. The Kier molecular flexibility index (Phi) is 9.25. The molecule has 0 aliphatic carbocycles. The van der Waals surface area contributed by atoms with Gasteiger partial charge in [0.1, 0.15) is 10.9 Å². The fourth-order valence-electron chi connectivity index (χ4n) is 6.71. The van der Waals surface area contributed by atoms with E-state index < -0.39 is 27.9 Å². The summed E-state index contributed by atoms with van der Waals surface area (Å²) in [5, 5.41) is 3.76. The van der Waals surface area contributed by atoms with Crippen LogP contribution in [0.25, 0.3) is 10.9 Å². The number of likely N-dealkylation sites (N-methyl/N-ethyl adjacent to an activating group) is 1. The minimum atomic E-state index is -4.15. The number of carbonyl (C=O) groups excluding carboxylic acids is 2. The normalized spacial score (nSPS) is 19.6. The van der Waals surface area contributed by atoms with E-state index in [0.717, 1.165) is 37.1 Å². The van der Waals surface area contributed by atoms with Crippen LogP contribution in [0.15, 0.2) is 102 Å². The van der Waals surface area contributed by atoms with E-state index in [-0.39, 0.29) is 36.5 Å². The number of hydrogen-bond donors (Lipinski definition) is 1. The van der Waals surface area contributed by atoms with E-state index in [1.807, 2.05) is 72.8 Å². The molecule has 9 nitrogen and oxygen atoms in total. The topological polar surface area (TPSA) is 103 Å². The van der Waals surface area contributed by atoms with Gasteiger partial charge in [-0.1, -0.05) is 85.8 Å². The van der Waals surface area contributed by atoms with Crippen LogP contribution in [0.4, 0.5) is 0 Å². The quantitative estimate of drug-likeness (QED) is 0.303. The molecule has 234 valence electrons. The van der Waals surface area contributed by atoms with E-state index in [1.54, 1.807) is 23.2 Å². The van der Waals surface area contributed by atoms with E-state index in [4.69, 9.17) is 0 Å². The van der Waals surface area contributed by atoms with E-state index >= 15 is 0 Å². The number of fused-ring (bicyclic) bond motifs is 1. The summed E-state index contributed by atoms with van der Waals surface area (Å²) in [5.41, 5.74) is 2.04. The molecular weight excluding hydrogens is 586 g/mol. The van der Waals surface area contributed by atoms with Crippen LogP contribution in [0.5, 0.6) is 0 Å². The first-order valence-electron chi connectivity index (χ1n) is 15.6. The van der Waals surface area contributed by atoms with Crippen LogP contribution >= 0.6 is 0 Å². The summed E-state index contributed by atoms with van der Waals surface area (Å²) in [6.07, 6.45) is 3.61. The molecule has 2 unspecified atom stereocenters. The van der Waals surface area contributed by atoms with Crippen LogP contribution in [0.2, 0.25) is 0 Å². The molecule has 6 rings (SSSR count). The highest BCUT2D eigenvalue weighted by molar-refractivity contribution is 7.89. The summed E-state index contributed by atoms with van der Waals surface area (Å²) in [5.74, 6) is -1.15. The lowest BCUT2D eigenvalue weighted by Crippen LogP contribution is -2.62. The first kappa shape index (κ1) is 30.9. The molecule has 0 spiro atoms. The summed E-state index contributed by atoms with van der Waals surface area (Å²) in [6, 6.07) is 26.9. The third-order valence-electron chi connectivity index (χ3n) is 9.06. The lowest BCUT2D eigenvalue weighted by molar-refractivity contribution is -0.136. The second-order valence-corrected chi connectivity index (χ2v) is 13.5. The number of benzene rings is 3. The Balaban J connectivity index is 1.33. The lowest BCUT2D eigenvalue weighted by atomic mass is 9.89. The van der Waals surface area contributed by atoms with Crippen molar-refractivity contribution in [2.45, 2.75) is 42.7 Å². The summed E-state index contributed by atoms with van der Waals surface area (Å²) >= 11 is 0. The molecule has 0 bridgehead atoms. The van der Waals surface area contributed by atoms with Crippen LogP contribution < -0.4 is 5.32 Å². The molecule has 2 atom stereocenters. The van der Waals surface area contributed by atoms with Crippen molar-refractivity contribution < 1.29 is 18.0 Å². The minimum absolute atomic E-state index is 0.0177. The van der Waals surface area contributed by atoms with Gasteiger partial charge in [0.15, 0.2) is 0 Å². The summed E-state index contributed by atoms with van der Waals surface area (Å²) < 4.78 is 29.9. The number of rotatable bonds is 9. The first-order chi connectivity index (χ1) is 21.9. The second-order valence-electron chi connectivity index (χ2n) is 11.7. The van der Waals surface area contributed by atoms with Gasteiger partial charge in [0, 0.05) is 43.8 Å². The summed E-state index contributed by atoms with van der Waals surface area (Å²) in [4.78, 5) is 36.7. The molecule has 2 fully saturated rings. The van der Waals surface area contributed by atoms with E-state index in [0.29, 0.717) is 17.4 Å². The molecule has 3 heterocycles. The zero-order valence-electron chi connectivity index (χ0n) is 25.5. The number of hydrogen-bond acceptors (Lipinski definition) is 6. The second kappa shape index (κ2) is 13.5. The van der Waals surface area contributed by atoms with Gasteiger partial charge >= 0.3 is 0 Å². The molecule has 2 amide bonds. The number of likely N-dealkylation sites (tertiary alicyclic amines) is 1. The molecular formula is C35H39N5O4S. The largest absolute Gasteiger partial charge is 0.353 e. The highest BCUT2D eigenvalue weighted by atomic mass is 32.2. The van der Waals surface area contributed by atoms with Gasteiger partial charge < -0.3 is 10.2 Å². The summed E-state index contributed by atoms with van der Waals surface area (Å²) in [6.45, 7) is 4.49. The molecule has 0 saturated carbocycles. The van der Waals surface area contributed by atoms with Crippen LogP contribution in [0.3, 0.4) is 0 Å². The predicted molar refractivity (Wildman–Crippen MR) is 174 cm³/mol. The van der Waals surface area contributed by atoms with Crippen LogP contribution in [0.1, 0.15) is 36.8 Å². The predicted octanol–water partition coefficient (Wildman–Crippen LogP) is 3.87. The number of nitrogens with zero attached hydrogens (tertiary/aromatic N) is 4. The van der Waals surface area contributed by atoms with Gasteiger partial charge in [0.2, 0.25) is 21.8 Å². The van der Waals surface area contributed by atoms with Crippen LogP contribution in [-0.4, -0.2) is 90.7 Å². The highest BCUT2D eigenvalue weighted by Crippen LogP contribution is 2.31. The number of pyridine rings is 1. The fourth-order valence-corrected chi connectivity index (χ4v) is 8.45. The first-order valence-corrected chi connectivity index (χ1v) is 17.1. The standard InChI is InChI=1S/C35H39N5O4S/c1-2-38-21-11-18-29(38)24-37-34(41)30-25-39(35(42)32(26-12-5-3-6-13-26)27-14-7-4-8-15-27)22-23-40(30)45(43,44)31-19-9-16-28-17-10-20-36-33(28)31/h3-10,12-17,19-20,29-30,32H,2,11,18,21-25H2,1H3,(H,37,41). The van der Waals surface area contributed by atoms with Crippen LogP contribution in [-0.2, 0) is 19.6 Å². The average Bonchev–Trinajstić information content (AvgIpc) is 3.55. The number of aromatic nitrogens is 1. The van der Waals surface area contributed by atoms with Gasteiger partial charge in [-0.25, -0.2) is 8.42 Å². The summed E-state index contributed by atoms with van der Waals surface area (Å²) in [7, 11) is -4.15.